The Morgan fingerprint density at radius 1 is 1.27 bits per heavy atom. The van der Waals surface area contributed by atoms with Crippen LogP contribution in [0.2, 0.25) is 0 Å². The maximum atomic E-state index is 11.8. The van der Waals surface area contributed by atoms with E-state index in [0.29, 0.717) is 12.3 Å². The monoisotopic (exact) mass is 304 g/mol. The van der Waals surface area contributed by atoms with E-state index in [1.165, 1.54) is 5.56 Å². The first-order valence-electron chi connectivity index (χ1n) is 8.28. The van der Waals surface area contributed by atoms with Gasteiger partial charge in [-0.1, -0.05) is 44.2 Å². The molecule has 0 aliphatic carbocycles. The van der Waals surface area contributed by atoms with E-state index >= 15 is 0 Å². The smallest absolute Gasteiger partial charge is 0.222 e. The molecule has 1 aliphatic rings. The van der Waals surface area contributed by atoms with Crippen LogP contribution in [-0.2, 0) is 11.3 Å². The van der Waals surface area contributed by atoms with Crippen LogP contribution in [0, 0.1) is 5.92 Å². The molecule has 0 radical (unpaired) electrons. The topological polar surface area (TPSA) is 43.8 Å². The minimum Gasteiger partial charge on any atom is -0.395 e. The van der Waals surface area contributed by atoms with Gasteiger partial charge in [0, 0.05) is 38.6 Å². The van der Waals surface area contributed by atoms with Crippen molar-refractivity contribution in [1.29, 1.82) is 0 Å². The summed E-state index contributed by atoms with van der Waals surface area (Å²) in [5, 5.41) is 9.77. The summed E-state index contributed by atoms with van der Waals surface area (Å²) < 4.78 is 0. The molecule has 22 heavy (non-hydrogen) atoms. The van der Waals surface area contributed by atoms with Gasteiger partial charge in [0.1, 0.15) is 0 Å². The van der Waals surface area contributed by atoms with E-state index in [4.69, 9.17) is 0 Å². The van der Waals surface area contributed by atoms with E-state index in [1.54, 1.807) is 0 Å². The first kappa shape index (κ1) is 17.0. The van der Waals surface area contributed by atoms with Crippen LogP contribution in [0.5, 0.6) is 0 Å². The predicted octanol–water partition coefficient (Wildman–Crippen LogP) is 2.13. The summed E-state index contributed by atoms with van der Waals surface area (Å²) in [6.45, 7) is 7.69. The van der Waals surface area contributed by atoms with Gasteiger partial charge in [0.2, 0.25) is 5.91 Å². The fourth-order valence-electron chi connectivity index (χ4n) is 3.12. The standard InChI is InChI=1S/C18H28N2O2/c1-15(2)17(14-21)20(13-16-7-4-3-5-8-16)12-11-19-10-6-9-18(19)22/h3-5,7-8,15,17,21H,6,9-14H2,1-2H3. The molecule has 1 aliphatic heterocycles. The van der Waals surface area contributed by atoms with Gasteiger partial charge in [0.15, 0.2) is 0 Å². The molecule has 1 N–H and O–H groups in total. The fraction of sp³-hybridized carbons (Fsp3) is 0.611. The summed E-state index contributed by atoms with van der Waals surface area (Å²) >= 11 is 0. The van der Waals surface area contributed by atoms with Crippen LogP contribution < -0.4 is 0 Å². The van der Waals surface area contributed by atoms with Gasteiger partial charge in [-0.3, -0.25) is 9.69 Å². The van der Waals surface area contributed by atoms with Crippen molar-refractivity contribution in [3.05, 3.63) is 35.9 Å². The fourth-order valence-corrected chi connectivity index (χ4v) is 3.12. The van der Waals surface area contributed by atoms with Crippen molar-refractivity contribution in [3.8, 4) is 0 Å². The number of aliphatic hydroxyl groups is 1. The summed E-state index contributed by atoms with van der Waals surface area (Å²) in [5.74, 6) is 0.646. The molecule has 0 saturated carbocycles. The molecular weight excluding hydrogens is 276 g/mol. The molecule has 1 saturated heterocycles. The highest BCUT2D eigenvalue weighted by Crippen LogP contribution is 2.16. The Balaban J connectivity index is 2.02. The molecule has 0 spiro atoms. The van der Waals surface area contributed by atoms with E-state index in [2.05, 4.69) is 30.9 Å². The number of benzene rings is 1. The predicted molar refractivity (Wildman–Crippen MR) is 88.4 cm³/mol. The minimum absolute atomic E-state index is 0.123. The molecule has 0 bridgehead atoms. The van der Waals surface area contributed by atoms with Crippen molar-refractivity contribution in [2.45, 2.75) is 39.3 Å². The molecule has 0 aromatic heterocycles. The third kappa shape index (κ3) is 4.55. The second kappa shape index (κ2) is 8.30. The zero-order valence-corrected chi connectivity index (χ0v) is 13.7. The van der Waals surface area contributed by atoms with E-state index in [1.807, 2.05) is 23.1 Å². The van der Waals surface area contributed by atoms with Gasteiger partial charge < -0.3 is 10.0 Å². The van der Waals surface area contributed by atoms with Crippen LogP contribution in [0.3, 0.4) is 0 Å². The second-order valence-electron chi connectivity index (χ2n) is 6.43. The summed E-state index contributed by atoms with van der Waals surface area (Å²) in [7, 11) is 0. The number of carbonyl (C=O) groups is 1. The first-order valence-corrected chi connectivity index (χ1v) is 8.28. The molecule has 122 valence electrons. The zero-order chi connectivity index (χ0) is 15.9. The Hall–Kier alpha value is -1.39. The van der Waals surface area contributed by atoms with E-state index in [-0.39, 0.29) is 18.6 Å². The normalized spacial score (nSPS) is 16.8. The van der Waals surface area contributed by atoms with Crippen molar-refractivity contribution in [2.24, 2.45) is 5.92 Å². The Bertz CT molecular complexity index is 461. The van der Waals surface area contributed by atoms with Crippen LogP contribution in [0.15, 0.2) is 30.3 Å². The summed E-state index contributed by atoms with van der Waals surface area (Å²) in [5.41, 5.74) is 1.24. The van der Waals surface area contributed by atoms with Crippen LogP contribution in [-0.4, -0.2) is 53.1 Å². The molecule has 1 aromatic rings. The van der Waals surface area contributed by atoms with E-state index < -0.39 is 0 Å². The van der Waals surface area contributed by atoms with Gasteiger partial charge in [-0.25, -0.2) is 0 Å². The lowest BCUT2D eigenvalue weighted by atomic mass is 10.0. The molecule has 1 unspecified atom stereocenters. The third-order valence-electron chi connectivity index (χ3n) is 4.48. The van der Waals surface area contributed by atoms with Crippen LogP contribution in [0.1, 0.15) is 32.3 Å². The lowest BCUT2D eigenvalue weighted by Gasteiger charge is -2.34. The summed E-state index contributed by atoms with van der Waals surface area (Å²) in [6.07, 6.45) is 1.66. The molecule has 1 amide bonds. The van der Waals surface area contributed by atoms with Crippen molar-refractivity contribution in [3.63, 3.8) is 0 Å². The van der Waals surface area contributed by atoms with Crippen molar-refractivity contribution >= 4 is 5.91 Å². The number of hydrogen-bond donors (Lipinski definition) is 1. The minimum atomic E-state index is 0.123. The lowest BCUT2D eigenvalue weighted by molar-refractivity contribution is -0.128. The summed E-state index contributed by atoms with van der Waals surface area (Å²) in [4.78, 5) is 16.0. The first-order chi connectivity index (χ1) is 10.6. The molecular formula is C18H28N2O2. The maximum absolute atomic E-state index is 11.8. The molecule has 2 rings (SSSR count). The number of hydrogen-bond acceptors (Lipinski definition) is 3. The van der Waals surface area contributed by atoms with Crippen molar-refractivity contribution < 1.29 is 9.90 Å². The zero-order valence-electron chi connectivity index (χ0n) is 13.7. The van der Waals surface area contributed by atoms with Gasteiger partial charge in [0.25, 0.3) is 0 Å². The molecule has 1 aromatic carbocycles. The van der Waals surface area contributed by atoms with E-state index in [0.717, 1.165) is 32.6 Å². The Kier molecular flexibility index (Phi) is 6.40. The Morgan fingerprint density at radius 2 is 2.00 bits per heavy atom. The van der Waals surface area contributed by atoms with Crippen LogP contribution in [0.4, 0.5) is 0 Å². The van der Waals surface area contributed by atoms with Crippen LogP contribution >= 0.6 is 0 Å². The average molecular weight is 304 g/mol. The summed E-state index contributed by atoms with van der Waals surface area (Å²) in [6, 6.07) is 10.5. The highest BCUT2D eigenvalue weighted by atomic mass is 16.3. The maximum Gasteiger partial charge on any atom is 0.222 e. The molecule has 1 atom stereocenters. The highest BCUT2D eigenvalue weighted by Gasteiger charge is 2.24. The molecule has 4 nitrogen and oxygen atoms in total. The number of amides is 1. The second-order valence-corrected chi connectivity index (χ2v) is 6.43. The quantitative estimate of drug-likeness (QED) is 0.800. The van der Waals surface area contributed by atoms with Crippen LogP contribution in [0.25, 0.3) is 0 Å². The SMILES string of the molecule is CC(C)C(CO)N(CCN1CCCC1=O)Cc1ccccc1. The van der Waals surface area contributed by atoms with Gasteiger partial charge in [-0.15, -0.1) is 0 Å². The Morgan fingerprint density at radius 3 is 2.55 bits per heavy atom. The Labute approximate surface area is 133 Å². The number of aliphatic hydroxyl groups excluding tert-OH is 1. The largest absolute Gasteiger partial charge is 0.395 e. The molecule has 4 heteroatoms. The number of carbonyl (C=O) groups excluding carboxylic acids is 1. The highest BCUT2D eigenvalue weighted by molar-refractivity contribution is 5.78. The van der Waals surface area contributed by atoms with Gasteiger partial charge in [0.05, 0.1) is 6.61 Å². The third-order valence-corrected chi connectivity index (χ3v) is 4.48. The molecule has 1 heterocycles. The average Bonchev–Trinajstić information content (AvgIpc) is 2.91. The lowest BCUT2D eigenvalue weighted by Crippen LogP contribution is -2.45. The van der Waals surface area contributed by atoms with Crippen molar-refractivity contribution in [2.75, 3.05) is 26.2 Å². The van der Waals surface area contributed by atoms with Crippen molar-refractivity contribution in [1.82, 2.24) is 9.80 Å². The van der Waals surface area contributed by atoms with Gasteiger partial charge in [-0.05, 0) is 17.9 Å². The number of rotatable bonds is 8. The van der Waals surface area contributed by atoms with Gasteiger partial charge >= 0.3 is 0 Å². The molecule has 1 fully saturated rings. The van der Waals surface area contributed by atoms with Gasteiger partial charge in [-0.2, -0.15) is 0 Å². The number of likely N-dealkylation sites (tertiary alicyclic amines) is 1. The number of nitrogens with zero attached hydrogens (tertiary/aromatic N) is 2. The van der Waals surface area contributed by atoms with E-state index in [9.17, 15) is 9.90 Å².